The summed E-state index contributed by atoms with van der Waals surface area (Å²) in [5, 5.41) is 0. The van der Waals surface area contributed by atoms with Crippen molar-refractivity contribution in [1.82, 2.24) is 4.90 Å². The van der Waals surface area contributed by atoms with Crippen LogP contribution in [0, 0.1) is 5.41 Å². The number of unbranched alkanes of at least 4 members (excludes halogenated alkanes) is 1. The number of amides is 2. The summed E-state index contributed by atoms with van der Waals surface area (Å²) < 4.78 is 5.22. The van der Waals surface area contributed by atoms with Crippen molar-refractivity contribution in [3.63, 3.8) is 0 Å². The molecule has 0 unspecified atom stereocenters. The number of esters is 1. The topological polar surface area (TPSA) is 63.7 Å². The number of carbonyl (C=O) groups is 3. The molecule has 1 aliphatic heterocycles. The fraction of sp³-hybridized carbons (Fsp3) is 0.688. The predicted molar refractivity (Wildman–Crippen MR) is 79.4 cm³/mol. The maximum absolute atomic E-state index is 11.8. The lowest BCUT2D eigenvalue weighted by atomic mass is 9.91. The van der Waals surface area contributed by atoms with Crippen LogP contribution >= 0.6 is 0 Å². The van der Waals surface area contributed by atoms with E-state index in [1.165, 1.54) is 4.90 Å². The van der Waals surface area contributed by atoms with Gasteiger partial charge in [0.2, 0.25) is 0 Å². The zero-order valence-electron chi connectivity index (χ0n) is 13.6. The highest BCUT2D eigenvalue weighted by atomic mass is 16.5. The third-order valence-corrected chi connectivity index (χ3v) is 4.14. The Morgan fingerprint density at radius 3 is 2.10 bits per heavy atom. The van der Waals surface area contributed by atoms with E-state index in [1.807, 2.05) is 20.8 Å². The third-order valence-electron chi connectivity index (χ3n) is 4.14. The number of hydrogen-bond acceptors (Lipinski definition) is 4. The fourth-order valence-corrected chi connectivity index (χ4v) is 1.90. The second kappa shape index (κ2) is 6.87. The molecule has 0 saturated carbocycles. The molecule has 0 saturated heterocycles. The summed E-state index contributed by atoms with van der Waals surface area (Å²) >= 11 is 0. The summed E-state index contributed by atoms with van der Waals surface area (Å²) in [5.74, 6) is -0.616. The van der Waals surface area contributed by atoms with Crippen LogP contribution in [-0.2, 0) is 19.1 Å². The van der Waals surface area contributed by atoms with E-state index in [9.17, 15) is 14.4 Å². The summed E-state index contributed by atoms with van der Waals surface area (Å²) in [6.45, 7) is 9.70. The first kappa shape index (κ1) is 17.4. The second-order valence-corrected chi connectivity index (χ2v) is 6.09. The van der Waals surface area contributed by atoms with Crippen LogP contribution in [0.1, 0.15) is 53.9 Å². The Hall–Kier alpha value is -1.65. The SMILES string of the molecule is CCC(C)(C)C(=O)OCCCCN1C(=O)C(C)=C(C)C1=O. The molecule has 1 aliphatic rings. The summed E-state index contributed by atoms with van der Waals surface area (Å²) in [6, 6.07) is 0. The van der Waals surface area contributed by atoms with Gasteiger partial charge in [-0.3, -0.25) is 19.3 Å². The molecule has 1 rings (SSSR count). The van der Waals surface area contributed by atoms with Crippen LogP contribution in [0.25, 0.3) is 0 Å². The lowest BCUT2D eigenvalue weighted by molar-refractivity contribution is -0.154. The van der Waals surface area contributed by atoms with E-state index in [0.717, 1.165) is 6.42 Å². The Morgan fingerprint density at radius 2 is 1.62 bits per heavy atom. The molecule has 0 bridgehead atoms. The van der Waals surface area contributed by atoms with Crippen LogP contribution in [0.3, 0.4) is 0 Å². The standard InChI is InChI=1S/C16H25NO4/c1-6-16(4,5)15(20)21-10-8-7-9-17-13(18)11(2)12(3)14(17)19/h6-10H2,1-5H3. The zero-order chi connectivity index (χ0) is 16.2. The highest BCUT2D eigenvalue weighted by molar-refractivity contribution is 6.18. The highest BCUT2D eigenvalue weighted by Crippen LogP contribution is 2.22. The number of hydrogen-bond donors (Lipinski definition) is 0. The minimum atomic E-state index is -0.459. The number of imide groups is 1. The fourth-order valence-electron chi connectivity index (χ4n) is 1.90. The van der Waals surface area contributed by atoms with Gasteiger partial charge in [-0.2, -0.15) is 0 Å². The van der Waals surface area contributed by atoms with Crippen molar-refractivity contribution in [3.8, 4) is 0 Å². The lowest BCUT2D eigenvalue weighted by Crippen LogP contribution is -2.32. The Balaban J connectivity index is 2.29. The molecule has 0 N–H and O–H groups in total. The van der Waals surface area contributed by atoms with E-state index in [1.54, 1.807) is 13.8 Å². The molecule has 0 radical (unpaired) electrons. The average Bonchev–Trinajstić information content (AvgIpc) is 2.63. The minimum Gasteiger partial charge on any atom is -0.465 e. The van der Waals surface area contributed by atoms with Crippen LogP contribution in [-0.4, -0.2) is 35.8 Å². The average molecular weight is 295 g/mol. The summed E-state index contributed by atoms with van der Waals surface area (Å²) in [5.41, 5.74) is 0.589. The summed E-state index contributed by atoms with van der Waals surface area (Å²) in [6.07, 6.45) is 2.01. The van der Waals surface area contributed by atoms with E-state index < -0.39 is 5.41 Å². The number of ether oxygens (including phenoxy) is 1. The van der Waals surface area contributed by atoms with Crippen LogP contribution in [0.15, 0.2) is 11.1 Å². The van der Waals surface area contributed by atoms with Crippen molar-refractivity contribution in [3.05, 3.63) is 11.1 Å². The van der Waals surface area contributed by atoms with Crippen LogP contribution < -0.4 is 0 Å². The van der Waals surface area contributed by atoms with Gasteiger partial charge in [0.1, 0.15) is 0 Å². The molecule has 0 atom stereocenters. The Morgan fingerprint density at radius 1 is 1.10 bits per heavy atom. The molecule has 0 aromatic carbocycles. The molecule has 0 fully saturated rings. The van der Waals surface area contributed by atoms with Crippen molar-refractivity contribution < 1.29 is 19.1 Å². The van der Waals surface area contributed by atoms with Crippen molar-refractivity contribution in [2.45, 2.75) is 53.9 Å². The molecule has 0 aromatic heterocycles. The second-order valence-electron chi connectivity index (χ2n) is 6.09. The largest absolute Gasteiger partial charge is 0.465 e. The van der Waals surface area contributed by atoms with E-state index in [2.05, 4.69) is 0 Å². The first-order valence-corrected chi connectivity index (χ1v) is 7.43. The molecular weight excluding hydrogens is 270 g/mol. The van der Waals surface area contributed by atoms with Gasteiger partial charge in [0, 0.05) is 17.7 Å². The van der Waals surface area contributed by atoms with E-state index in [0.29, 0.717) is 37.1 Å². The van der Waals surface area contributed by atoms with Crippen molar-refractivity contribution in [2.24, 2.45) is 5.41 Å². The molecule has 118 valence electrons. The number of carbonyl (C=O) groups excluding carboxylic acids is 3. The molecule has 1 heterocycles. The smallest absolute Gasteiger partial charge is 0.311 e. The molecule has 5 nitrogen and oxygen atoms in total. The maximum atomic E-state index is 11.8. The van der Waals surface area contributed by atoms with Crippen LogP contribution in [0.5, 0.6) is 0 Å². The van der Waals surface area contributed by atoms with Gasteiger partial charge in [-0.25, -0.2) is 0 Å². The normalized spacial score (nSPS) is 16.0. The molecule has 0 aromatic rings. The predicted octanol–water partition coefficient (Wildman–Crippen LogP) is 2.45. The molecule has 0 spiro atoms. The lowest BCUT2D eigenvalue weighted by Gasteiger charge is -2.20. The Kier molecular flexibility index (Phi) is 5.70. The van der Waals surface area contributed by atoms with E-state index >= 15 is 0 Å². The van der Waals surface area contributed by atoms with Gasteiger partial charge in [0.15, 0.2) is 0 Å². The van der Waals surface area contributed by atoms with Gasteiger partial charge in [-0.15, -0.1) is 0 Å². The first-order valence-electron chi connectivity index (χ1n) is 7.43. The van der Waals surface area contributed by atoms with Crippen molar-refractivity contribution >= 4 is 17.8 Å². The Bertz CT molecular complexity index is 453. The zero-order valence-corrected chi connectivity index (χ0v) is 13.6. The molecule has 2 amide bonds. The van der Waals surface area contributed by atoms with E-state index in [4.69, 9.17) is 4.74 Å². The van der Waals surface area contributed by atoms with Crippen molar-refractivity contribution in [2.75, 3.05) is 13.2 Å². The van der Waals surface area contributed by atoms with Crippen LogP contribution in [0.4, 0.5) is 0 Å². The minimum absolute atomic E-state index is 0.202. The molecular formula is C16H25NO4. The van der Waals surface area contributed by atoms with Crippen LogP contribution in [0.2, 0.25) is 0 Å². The van der Waals surface area contributed by atoms with Gasteiger partial charge in [-0.05, 0) is 47.0 Å². The van der Waals surface area contributed by atoms with E-state index in [-0.39, 0.29) is 17.8 Å². The first-order chi connectivity index (χ1) is 9.72. The van der Waals surface area contributed by atoms with Gasteiger partial charge >= 0.3 is 5.97 Å². The quantitative estimate of drug-likeness (QED) is 0.411. The molecule has 21 heavy (non-hydrogen) atoms. The summed E-state index contributed by atoms with van der Waals surface area (Å²) in [4.78, 5) is 36.7. The van der Waals surface area contributed by atoms with Gasteiger partial charge in [0.25, 0.3) is 11.8 Å². The molecule has 5 heteroatoms. The highest BCUT2D eigenvalue weighted by Gasteiger charge is 2.32. The maximum Gasteiger partial charge on any atom is 0.311 e. The van der Waals surface area contributed by atoms with Gasteiger partial charge < -0.3 is 4.74 Å². The monoisotopic (exact) mass is 295 g/mol. The van der Waals surface area contributed by atoms with Crippen molar-refractivity contribution in [1.29, 1.82) is 0 Å². The summed E-state index contributed by atoms with van der Waals surface area (Å²) in [7, 11) is 0. The number of nitrogens with zero attached hydrogens (tertiary/aromatic N) is 1. The van der Waals surface area contributed by atoms with Gasteiger partial charge in [0.05, 0.1) is 12.0 Å². The van der Waals surface area contributed by atoms with Gasteiger partial charge in [-0.1, -0.05) is 6.92 Å². The third kappa shape index (κ3) is 3.93. The number of rotatable bonds is 7. The Labute approximate surface area is 126 Å². The molecule has 0 aliphatic carbocycles.